The van der Waals surface area contributed by atoms with Gasteiger partial charge in [0.1, 0.15) is 9.88 Å². The molecule has 0 fully saturated rings. The number of hydrogen-bond donors (Lipinski definition) is 1. The molecule has 0 aliphatic carbocycles. The first-order chi connectivity index (χ1) is 11.9. The predicted octanol–water partition coefficient (Wildman–Crippen LogP) is 4.03. The highest BCUT2D eigenvalue weighted by Gasteiger charge is 2.27. The third-order valence-corrected chi connectivity index (χ3v) is 5.05. The summed E-state index contributed by atoms with van der Waals surface area (Å²) < 4.78 is 10.6. The molecule has 1 heterocycles. The van der Waals surface area contributed by atoms with Gasteiger partial charge in [-0.05, 0) is 43.7 Å². The van der Waals surface area contributed by atoms with E-state index < -0.39 is 17.8 Å². The smallest absolute Gasteiger partial charge is 0.348 e. The van der Waals surface area contributed by atoms with Gasteiger partial charge in [0.15, 0.2) is 0 Å². The number of halogens is 1. The molecule has 0 aliphatic heterocycles. The fourth-order valence-corrected chi connectivity index (χ4v) is 3.49. The van der Waals surface area contributed by atoms with Crippen LogP contribution in [0, 0.1) is 6.92 Å². The minimum Gasteiger partial charge on any atom is -0.465 e. The van der Waals surface area contributed by atoms with Crippen LogP contribution in [0.3, 0.4) is 0 Å². The highest BCUT2D eigenvalue weighted by Crippen LogP contribution is 2.34. The van der Waals surface area contributed by atoms with Gasteiger partial charge in [-0.15, -0.1) is 11.3 Å². The molecule has 0 unspecified atom stereocenters. The maximum absolute atomic E-state index is 12.4. The van der Waals surface area contributed by atoms with Gasteiger partial charge >= 0.3 is 11.9 Å². The lowest BCUT2D eigenvalue weighted by atomic mass is 10.1. The molecule has 0 bridgehead atoms. The maximum atomic E-state index is 12.4. The van der Waals surface area contributed by atoms with E-state index in [9.17, 15) is 14.4 Å². The van der Waals surface area contributed by atoms with Crippen LogP contribution in [0.4, 0.5) is 5.00 Å². The lowest BCUT2D eigenvalue weighted by Gasteiger charge is -2.07. The summed E-state index contributed by atoms with van der Waals surface area (Å²) >= 11 is 4.29. The lowest BCUT2D eigenvalue weighted by molar-refractivity contribution is 0.0527. The highest BCUT2D eigenvalue weighted by molar-refractivity contribution is 9.10. The van der Waals surface area contributed by atoms with Crippen LogP contribution in [0.5, 0.6) is 0 Å². The molecule has 1 aromatic heterocycles. The number of carbonyl (C=O) groups excluding carboxylic acids is 3. The van der Waals surface area contributed by atoms with Crippen molar-refractivity contribution in [2.24, 2.45) is 0 Å². The Hall–Kier alpha value is -2.19. The molecule has 0 saturated carbocycles. The topological polar surface area (TPSA) is 81.7 Å². The number of nitrogens with one attached hydrogen (secondary N) is 1. The van der Waals surface area contributed by atoms with Gasteiger partial charge < -0.3 is 14.8 Å². The van der Waals surface area contributed by atoms with Crippen LogP contribution in [-0.2, 0) is 9.47 Å². The predicted molar refractivity (Wildman–Crippen MR) is 98.4 cm³/mol. The van der Waals surface area contributed by atoms with E-state index >= 15 is 0 Å². The van der Waals surface area contributed by atoms with E-state index in [2.05, 4.69) is 21.2 Å². The summed E-state index contributed by atoms with van der Waals surface area (Å²) in [5.74, 6) is -1.56. The molecule has 2 aromatic rings. The number of esters is 2. The number of benzene rings is 1. The first-order valence-electron chi connectivity index (χ1n) is 7.34. The molecule has 132 valence electrons. The van der Waals surface area contributed by atoms with E-state index in [1.807, 2.05) is 0 Å². The first kappa shape index (κ1) is 19.1. The molecule has 1 amide bonds. The molecular formula is C17H16BrNO5S. The zero-order chi connectivity index (χ0) is 18.6. The Balaban J connectivity index is 2.41. The third-order valence-electron chi connectivity index (χ3n) is 3.33. The van der Waals surface area contributed by atoms with E-state index in [4.69, 9.17) is 9.47 Å². The van der Waals surface area contributed by atoms with Crippen molar-refractivity contribution in [3.63, 3.8) is 0 Å². The van der Waals surface area contributed by atoms with Gasteiger partial charge in [0.2, 0.25) is 0 Å². The van der Waals surface area contributed by atoms with Gasteiger partial charge in [-0.25, -0.2) is 9.59 Å². The monoisotopic (exact) mass is 425 g/mol. The molecule has 0 radical (unpaired) electrons. The van der Waals surface area contributed by atoms with Crippen LogP contribution in [-0.4, -0.2) is 31.6 Å². The molecule has 0 aliphatic rings. The van der Waals surface area contributed by atoms with Gasteiger partial charge in [-0.3, -0.25) is 4.79 Å². The Morgan fingerprint density at radius 1 is 1.16 bits per heavy atom. The van der Waals surface area contributed by atoms with E-state index in [0.717, 1.165) is 15.8 Å². The molecule has 2 rings (SSSR count). The van der Waals surface area contributed by atoms with Crippen LogP contribution in [0.15, 0.2) is 28.7 Å². The van der Waals surface area contributed by atoms with Crippen LogP contribution in [0.2, 0.25) is 0 Å². The molecule has 0 atom stereocenters. The Kier molecular flexibility index (Phi) is 6.33. The van der Waals surface area contributed by atoms with Gasteiger partial charge in [-0.2, -0.15) is 0 Å². The Bertz CT molecular complexity index is 813. The second kappa shape index (κ2) is 8.26. The normalized spacial score (nSPS) is 10.2. The second-order valence-electron chi connectivity index (χ2n) is 4.93. The van der Waals surface area contributed by atoms with Gasteiger partial charge in [0, 0.05) is 10.0 Å². The Labute approximate surface area is 157 Å². The van der Waals surface area contributed by atoms with Crippen molar-refractivity contribution < 1.29 is 23.9 Å². The Morgan fingerprint density at radius 2 is 1.80 bits per heavy atom. The quantitative estimate of drug-likeness (QED) is 0.730. The molecule has 0 spiro atoms. The van der Waals surface area contributed by atoms with Crippen molar-refractivity contribution in [1.82, 2.24) is 0 Å². The minimum atomic E-state index is -0.600. The van der Waals surface area contributed by atoms with Crippen molar-refractivity contribution in [2.45, 2.75) is 13.8 Å². The average molecular weight is 426 g/mol. The minimum absolute atomic E-state index is 0.165. The largest absolute Gasteiger partial charge is 0.465 e. The second-order valence-corrected chi connectivity index (χ2v) is 6.87. The Morgan fingerprint density at radius 3 is 2.36 bits per heavy atom. The lowest BCUT2D eigenvalue weighted by Crippen LogP contribution is -2.14. The van der Waals surface area contributed by atoms with Crippen molar-refractivity contribution in [3.05, 3.63) is 50.3 Å². The summed E-state index contributed by atoms with van der Waals surface area (Å²) in [6.45, 7) is 3.48. The van der Waals surface area contributed by atoms with Crippen molar-refractivity contribution in [1.29, 1.82) is 0 Å². The molecule has 1 aromatic carbocycles. The number of amides is 1. The van der Waals surface area contributed by atoms with Crippen LogP contribution < -0.4 is 5.32 Å². The number of hydrogen-bond acceptors (Lipinski definition) is 6. The number of anilines is 1. The standard InChI is InChI=1S/C17H16BrNO5S/c1-4-24-16(21)12-9(2)13(17(22)23-3)25-15(12)19-14(20)10-5-7-11(18)8-6-10/h5-8H,4H2,1-3H3,(H,19,20). The molecule has 6 nitrogen and oxygen atoms in total. The number of thiophene rings is 1. The number of ether oxygens (including phenoxy) is 2. The summed E-state index contributed by atoms with van der Waals surface area (Å²) in [6.07, 6.45) is 0. The zero-order valence-corrected chi connectivity index (χ0v) is 16.2. The third kappa shape index (κ3) is 4.26. The van der Waals surface area contributed by atoms with Crippen LogP contribution in [0.1, 0.15) is 42.9 Å². The summed E-state index contributed by atoms with van der Waals surface area (Å²) in [5.41, 5.74) is 1.00. The van der Waals surface area contributed by atoms with Crippen molar-refractivity contribution in [3.8, 4) is 0 Å². The molecule has 0 saturated heterocycles. The maximum Gasteiger partial charge on any atom is 0.348 e. The van der Waals surface area contributed by atoms with Crippen LogP contribution in [0.25, 0.3) is 0 Å². The van der Waals surface area contributed by atoms with E-state index in [1.54, 1.807) is 38.1 Å². The fraction of sp³-hybridized carbons (Fsp3) is 0.235. The fourth-order valence-electron chi connectivity index (χ4n) is 2.11. The van der Waals surface area contributed by atoms with Gasteiger partial charge in [-0.1, -0.05) is 15.9 Å². The van der Waals surface area contributed by atoms with Crippen molar-refractivity contribution >= 4 is 50.1 Å². The summed E-state index contributed by atoms with van der Waals surface area (Å²) in [6, 6.07) is 6.76. The first-order valence-corrected chi connectivity index (χ1v) is 8.95. The van der Waals surface area contributed by atoms with E-state index in [1.165, 1.54) is 7.11 Å². The number of rotatable bonds is 5. The number of methoxy groups -OCH3 is 1. The average Bonchev–Trinajstić information content (AvgIpc) is 2.91. The van der Waals surface area contributed by atoms with E-state index in [0.29, 0.717) is 11.1 Å². The summed E-state index contributed by atoms with van der Waals surface area (Å²) in [4.78, 5) is 36.8. The molecular weight excluding hydrogens is 410 g/mol. The van der Waals surface area contributed by atoms with Crippen molar-refractivity contribution in [2.75, 3.05) is 19.0 Å². The zero-order valence-electron chi connectivity index (χ0n) is 13.8. The van der Waals surface area contributed by atoms with Gasteiger partial charge in [0.05, 0.1) is 19.3 Å². The molecule has 25 heavy (non-hydrogen) atoms. The van der Waals surface area contributed by atoms with Gasteiger partial charge in [0.25, 0.3) is 5.91 Å². The van der Waals surface area contributed by atoms with Crippen LogP contribution >= 0.6 is 27.3 Å². The summed E-state index contributed by atoms with van der Waals surface area (Å²) in [7, 11) is 1.26. The highest BCUT2D eigenvalue weighted by atomic mass is 79.9. The molecule has 8 heteroatoms. The summed E-state index contributed by atoms with van der Waals surface area (Å²) in [5, 5.41) is 2.94. The van der Waals surface area contributed by atoms with E-state index in [-0.39, 0.29) is 22.0 Å². The molecule has 1 N–H and O–H groups in total. The SMILES string of the molecule is CCOC(=O)c1c(NC(=O)c2ccc(Br)cc2)sc(C(=O)OC)c1C. The number of carbonyl (C=O) groups is 3.